The molecule has 24 heavy (non-hydrogen) atoms. The lowest BCUT2D eigenvalue weighted by Crippen LogP contribution is -2.03. The van der Waals surface area contributed by atoms with Gasteiger partial charge < -0.3 is 9.30 Å². The Morgan fingerprint density at radius 2 is 1.92 bits per heavy atom. The summed E-state index contributed by atoms with van der Waals surface area (Å²) in [5.41, 5.74) is 3.45. The standard InChI is InChI=1S/C19H17Cl2NO2/c1-3-14-15-9-8-12(19(23)24-2)10-17(15)22(18(14)21)11-13-6-4-5-7-16(13)20/h4-10H,3,11H2,1-2H3. The van der Waals surface area contributed by atoms with E-state index in [0.29, 0.717) is 22.3 Å². The molecular formula is C19H17Cl2NO2. The van der Waals surface area contributed by atoms with Crippen molar-refractivity contribution in [2.45, 2.75) is 19.9 Å². The van der Waals surface area contributed by atoms with Crippen molar-refractivity contribution < 1.29 is 9.53 Å². The van der Waals surface area contributed by atoms with Crippen molar-refractivity contribution in [3.63, 3.8) is 0 Å². The molecule has 5 heteroatoms. The number of halogens is 2. The Labute approximate surface area is 150 Å². The van der Waals surface area contributed by atoms with Gasteiger partial charge in [0.05, 0.1) is 24.7 Å². The molecule has 0 saturated carbocycles. The van der Waals surface area contributed by atoms with E-state index in [9.17, 15) is 4.79 Å². The van der Waals surface area contributed by atoms with Crippen molar-refractivity contribution >= 4 is 40.1 Å². The van der Waals surface area contributed by atoms with E-state index in [-0.39, 0.29) is 5.97 Å². The summed E-state index contributed by atoms with van der Waals surface area (Å²) in [6.45, 7) is 2.61. The van der Waals surface area contributed by atoms with Gasteiger partial charge in [-0.15, -0.1) is 0 Å². The third-order valence-corrected chi connectivity index (χ3v) is 4.96. The number of rotatable bonds is 4. The summed E-state index contributed by atoms with van der Waals surface area (Å²) in [6, 6.07) is 13.2. The van der Waals surface area contributed by atoms with Gasteiger partial charge >= 0.3 is 5.97 Å². The summed E-state index contributed by atoms with van der Waals surface area (Å²) in [7, 11) is 1.37. The van der Waals surface area contributed by atoms with Crippen LogP contribution in [0.2, 0.25) is 10.2 Å². The summed E-state index contributed by atoms with van der Waals surface area (Å²) in [5, 5.41) is 2.41. The molecule has 0 aliphatic carbocycles. The maximum atomic E-state index is 11.9. The fraction of sp³-hybridized carbons (Fsp3) is 0.211. The predicted octanol–water partition coefficient (Wildman–Crippen LogP) is 5.35. The second kappa shape index (κ2) is 6.88. The Bertz CT molecular complexity index is 915. The van der Waals surface area contributed by atoms with E-state index in [1.807, 2.05) is 41.0 Å². The van der Waals surface area contributed by atoms with Crippen LogP contribution in [0.25, 0.3) is 10.9 Å². The Kier molecular flexibility index (Phi) is 4.83. The molecule has 3 aromatic rings. The lowest BCUT2D eigenvalue weighted by molar-refractivity contribution is 0.0601. The molecule has 0 atom stereocenters. The Hall–Kier alpha value is -1.97. The van der Waals surface area contributed by atoms with Crippen LogP contribution in [0.4, 0.5) is 0 Å². The molecule has 0 N–H and O–H groups in total. The van der Waals surface area contributed by atoms with Gasteiger partial charge in [-0.25, -0.2) is 4.79 Å². The summed E-state index contributed by atoms with van der Waals surface area (Å²) in [4.78, 5) is 11.9. The van der Waals surface area contributed by atoms with Crippen molar-refractivity contribution in [3.05, 3.63) is 69.3 Å². The third-order valence-electron chi connectivity index (χ3n) is 4.16. The first kappa shape index (κ1) is 16.9. The highest BCUT2D eigenvalue weighted by Crippen LogP contribution is 2.33. The maximum Gasteiger partial charge on any atom is 0.337 e. The van der Waals surface area contributed by atoms with E-state index >= 15 is 0 Å². The van der Waals surface area contributed by atoms with Crippen LogP contribution in [0.3, 0.4) is 0 Å². The first-order chi connectivity index (χ1) is 11.6. The van der Waals surface area contributed by atoms with E-state index in [1.165, 1.54) is 7.11 Å². The molecule has 1 heterocycles. The Morgan fingerprint density at radius 3 is 2.58 bits per heavy atom. The molecule has 0 aliphatic heterocycles. The summed E-state index contributed by atoms with van der Waals surface area (Å²) >= 11 is 12.9. The zero-order valence-electron chi connectivity index (χ0n) is 13.5. The molecule has 0 aliphatic rings. The van der Waals surface area contributed by atoms with Crippen LogP contribution < -0.4 is 0 Å². The minimum atomic E-state index is -0.364. The first-order valence-electron chi connectivity index (χ1n) is 7.69. The van der Waals surface area contributed by atoms with Crippen LogP contribution in [0, 0.1) is 0 Å². The average Bonchev–Trinajstić information content (AvgIpc) is 2.86. The van der Waals surface area contributed by atoms with Gasteiger partial charge in [-0.1, -0.05) is 54.4 Å². The van der Waals surface area contributed by atoms with Crippen LogP contribution in [0.1, 0.15) is 28.4 Å². The van der Waals surface area contributed by atoms with Crippen molar-refractivity contribution in [1.29, 1.82) is 0 Å². The molecule has 0 saturated heterocycles. The number of methoxy groups -OCH3 is 1. The molecular weight excluding hydrogens is 345 g/mol. The first-order valence-corrected chi connectivity index (χ1v) is 8.44. The van der Waals surface area contributed by atoms with Crippen LogP contribution in [0.5, 0.6) is 0 Å². The van der Waals surface area contributed by atoms with E-state index in [1.54, 1.807) is 6.07 Å². The molecule has 0 amide bonds. The molecule has 1 aromatic heterocycles. The molecule has 0 fully saturated rings. The van der Waals surface area contributed by atoms with Crippen LogP contribution in [-0.4, -0.2) is 17.6 Å². The lowest BCUT2D eigenvalue weighted by atomic mass is 10.1. The zero-order chi connectivity index (χ0) is 17.3. The zero-order valence-corrected chi connectivity index (χ0v) is 15.0. The van der Waals surface area contributed by atoms with Gasteiger partial charge in [-0.05, 0) is 35.7 Å². The number of esters is 1. The van der Waals surface area contributed by atoms with Crippen molar-refractivity contribution in [3.8, 4) is 0 Å². The topological polar surface area (TPSA) is 31.2 Å². The normalized spacial score (nSPS) is 11.0. The number of hydrogen-bond acceptors (Lipinski definition) is 2. The minimum Gasteiger partial charge on any atom is -0.465 e. The molecule has 2 aromatic carbocycles. The van der Waals surface area contributed by atoms with Gasteiger partial charge in [-0.2, -0.15) is 0 Å². The number of carbonyl (C=O) groups excluding carboxylic acids is 1. The maximum absolute atomic E-state index is 11.9. The second-order valence-electron chi connectivity index (χ2n) is 5.52. The molecule has 3 rings (SSSR count). The number of nitrogens with zero attached hydrogens (tertiary/aromatic N) is 1. The number of hydrogen-bond donors (Lipinski definition) is 0. The highest BCUT2D eigenvalue weighted by atomic mass is 35.5. The van der Waals surface area contributed by atoms with Crippen molar-refractivity contribution in [1.82, 2.24) is 4.57 Å². The summed E-state index contributed by atoms with van der Waals surface area (Å²) in [6.07, 6.45) is 0.808. The fourth-order valence-electron chi connectivity index (χ4n) is 2.92. The molecule has 0 spiro atoms. The van der Waals surface area contributed by atoms with E-state index < -0.39 is 0 Å². The highest BCUT2D eigenvalue weighted by molar-refractivity contribution is 6.32. The smallest absolute Gasteiger partial charge is 0.337 e. The third kappa shape index (κ3) is 2.90. The molecule has 0 radical (unpaired) electrons. The van der Waals surface area contributed by atoms with E-state index in [0.717, 1.165) is 28.5 Å². The SMILES string of the molecule is CCc1c(Cl)n(Cc2ccccc2Cl)c2cc(C(=O)OC)ccc12. The minimum absolute atomic E-state index is 0.364. The van der Waals surface area contributed by atoms with Crippen molar-refractivity contribution in [2.24, 2.45) is 0 Å². The molecule has 0 unspecified atom stereocenters. The van der Waals surface area contributed by atoms with Gasteiger partial charge in [0, 0.05) is 10.4 Å². The van der Waals surface area contributed by atoms with Gasteiger partial charge in [-0.3, -0.25) is 0 Å². The molecule has 124 valence electrons. The second-order valence-corrected chi connectivity index (χ2v) is 6.29. The van der Waals surface area contributed by atoms with E-state index in [2.05, 4.69) is 6.92 Å². The number of ether oxygens (including phenoxy) is 1. The quantitative estimate of drug-likeness (QED) is 0.586. The predicted molar refractivity (Wildman–Crippen MR) is 98.2 cm³/mol. The monoisotopic (exact) mass is 361 g/mol. The lowest BCUT2D eigenvalue weighted by Gasteiger charge is -2.10. The molecule has 3 nitrogen and oxygen atoms in total. The van der Waals surface area contributed by atoms with Gasteiger partial charge in [0.25, 0.3) is 0 Å². The van der Waals surface area contributed by atoms with Gasteiger partial charge in [0.1, 0.15) is 5.15 Å². The fourth-order valence-corrected chi connectivity index (χ4v) is 3.50. The summed E-state index contributed by atoms with van der Waals surface area (Å²) < 4.78 is 6.81. The Morgan fingerprint density at radius 1 is 1.17 bits per heavy atom. The Balaban J connectivity index is 2.19. The average molecular weight is 362 g/mol. The van der Waals surface area contributed by atoms with Gasteiger partial charge in [0.2, 0.25) is 0 Å². The van der Waals surface area contributed by atoms with Crippen LogP contribution in [0.15, 0.2) is 42.5 Å². The van der Waals surface area contributed by atoms with Crippen LogP contribution >= 0.6 is 23.2 Å². The largest absolute Gasteiger partial charge is 0.465 e. The number of carbonyl (C=O) groups is 1. The number of aryl methyl sites for hydroxylation is 1. The molecule has 0 bridgehead atoms. The van der Waals surface area contributed by atoms with Crippen molar-refractivity contribution in [2.75, 3.05) is 7.11 Å². The number of benzene rings is 2. The number of aromatic nitrogens is 1. The highest BCUT2D eigenvalue weighted by Gasteiger charge is 2.17. The van der Waals surface area contributed by atoms with Gasteiger partial charge in [0.15, 0.2) is 0 Å². The van der Waals surface area contributed by atoms with E-state index in [4.69, 9.17) is 27.9 Å². The van der Waals surface area contributed by atoms with Crippen LogP contribution in [-0.2, 0) is 17.7 Å². The summed E-state index contributed by atoms with van der Waals surface area (Å²) in [5.74, 6) is -0.364. The number of fused-ring (bicyclic) bond motifs is 1.